The first kappa shape index (κ1) is 22.7. The molecule has 0 aliphatic heterocycles. The molecule has 0 radical (unpaired) electrons. The zero-order valence-corrected chi connectivity index (χ0v) is 6.39. The Morgan fingerprint density at radius 2 is 0.900 bits per heavy atom. The second kappa shape index (κ2) is 15.8. The Morgan fingerprint density at radius 3 is 0.900 bits per heavy atom. The summed E-state index contributed by atoms with van der Waals surface area (Å²) in [6, 6.07) is 0. The fraction of sp³-hybridized carbons (Fsp3) is 0. The summed E-state index contributed by atoms with van der Waals surface area (Å²) in [6.07, 6.45) is 0. The van der Waals surface area contributed by atoms with Gasteiger partial charge in [-0.15, -0.1) is 0 Å². The third kappa shape index (κ3) is 984. The Hall–Kier alpha value is -0.560. The third-order valence-electron chi connectivity index (χ3n) is 0. The van der Waals surface area contributed by atoms with E-state index in [1.165, 1.54) is 0 Å². The van der Waals surface area contributed by atoms with E-state index in [9.17, 15) is 0 Å². The molecule has 0 aromatic carbocycles. The topological polar surface area (TPSA) is 145 Å². The minimum absolute atomic E-state index is 0. The molecule has 0 bridgehead atoms. The van der Waals surface area contributed by atoms with Crippen molar-refractivity contribution < 1.29 is 19.8 Å². The molecule has 0 heterocycles. The molecule has 0 amide bonds. The summed E-state index contributed by atoms with van der Waals surface area (Å²) in [6.45, 7) is 0. The second-order valence-electron chi connectivity index (χ2n) is 0.506. The molecule has 0 saturated heterocycles. The normalized spacial score (nSPS) is 5.00. The quantitative estimate of drug-likeness (QED) is 0.435. The second-order valence-corrected chi connectivity index (χ2v) is 1.15. The van der Waals surface area contributed by atoms with Crippen molar-refractivity contribution in [2.24, 2.45) is 0 Å². The maximum atomic E-state index is 8.77. The van der Waals surface area contributed by atoms with Crippen molar-refractivity contribution >= 4 is 34.1 Å². The molecule has 0 aliphatic rings. The van der Waals surface area contributed by atoms with E-state index in [1.807, 2.05) is 0 Å². The van der Waals surface area contributed by atoms with Crippen LogP contribution < -0.4 is 12.3 Å². The maximum absolute atomic E-state index is 8.77. The molecule has 10 heavy (non-hydrogen) atoms. The molecule has 0 fully saturated rings. The fourth-order valence-corrected chi connectivity index (χ4v) is 0. The summed E-state index contributed by atoms with van der Waals surface area (Å²) in [4.78, 5) is 17.5. The van der Waals surface area contributed by atoms with E-state index in [0.29, 0.717) is 0 Å². The molecule has 0 aromatic heterocycles. The van der Waals surface area contributed by atoms with Crippen molar-refractivity contribution in [1.82, 2.24) is 12.3 Å². The van der Waals surface area contributed by atoms with Gasteiger partial charge in [0.25, 0.3) is 0 Å². The van der Waals surface area contributed by atoms with Crippen LogP contribution in [0.2, 0.25) is 0 Å². The standard InChI is InChI=1S/2CHClO2.2H3N/c2*2-1(3)4;;/h2*(H,3,4);2*1H3. The smallest absolute Gasteiger partial charge is 0.401 e. The number of carboxylic acid groups (broad SMARTS) is 2. The number of carbonyl (C=O) groups is 2. The average molecular weight is 195 g/mol. The van der Waals surface area contributed by atoms with Gasteiger partial charge in [-0.2, -0.15) is 0 Å². The summed E-state index contributed by atoms with van der Waals surface area (Å²) in [5.41, 5.74) is -2.72. The summed E-state index contributed by atoms with van der Waals surface area (Å²) < 4.78 is 0. The molecule has 8 heteroatoms. The lowest BCUT2D eigenvalue weighted by Gasteiger charge is -1.55. The Kier molecular flexibility index (Phi) is 35.9. The summed E-state index contributed by atoms with van der Waals surface area (Å²) in [5, 5.41) is 14.4. The minimum atomic E-state index is -1.36. The number of hydrogen-bond acceptors (Lipinski definition) is 4. The van der Waals surface area contributed by atoms with Crippen molar-refractivity contribution in [2.45, 2.75) is 0 Å². The van der Waals surface area contributed by atoms with Gasteiger partial charge in [-0.05, 0) is 0 Å². The minimum Gasteiger partial charge on any atom is -0.469 e. The van der Waals surface area contributed by atoms with Gasteiger partial charge < -0.3 is 22.5 Å². The van der Waals surface area contributed by atoms with Gasteiger partial charge in [-0.1, -0.05) is 0 Å². The maximum Gasteiger partial charge on any atom is 0.401 e. The van der Waals surface area contributed by atoms with Crippen LogP contribution in [0.25, 0.3) is 0 Å². The summed E-state index contributed by atoms with van der Waals surface area (Å²) in [5.74, 6) is 0. The molecule has 0 aliphatic carbocycles. The van der Waals surface area contributed by atoms with Gasteiger partial charge in [-0.25, -0.2) is 9.59 Å². The monoisotopic (exact) mass is 194 g/mol. The first-order valence-corrected chi connectivity index (χ1v) is 1.99. The molecule has 0 rings (SSSR count). The van der Waals surface area contributed by atoms with Crippen LogP contribution in [0, 0.1) is 0 Å². The highest BCUT2D eigenvalue weighted by Gasteiger charge is 1.71. The molecular formula is C2H8Cl2N2O4. The lowest BCUT2D eigenvalue weighted by Crippen LogP contribution is -1.66. The van der Waals surface area contributed by atoms with Crippen molar-refractivity contribution in [2.75, 3.05) is 0 Å². The first-order valence-electron chi connectivity index (χ1n) is 1.23. The first-order chi connectivity index (χ1) is 3.46. The van der Waals surface area contributed by atoms with Crippen LogP contribution in [0.3, 0.4) is 0 Å². The zero-order chi connectivity index (χ0) is 7.15. The Balaban J connectivity index is -0.0000000300. The SMILES string of the molecule is N.N.O=C(O)Cl.O=C(O)Cl. The Morgan fingerprint density at radius 1 is 0.900 bits per heavy atom. The largest absolute Gasteiger partial charge is 0.469 e. The van der Waals surface area contributed by atoms with Crippen LogP contribution in [-0.2, 0) is 0 Å². The highest BCUT2D eigenvalue weighted by Crippen LogP contribution is 1.68. The fourth-order valence-electron chi connectivity index (χ4n) is 0. The van der Waals surface area contributed by atoms with Crippen LogP contribution in [0.5, 0.6) is 0 Å². The molecule has 6 nitrogen and oxygen atoms in total. The Bertz CT molecular complexity index is 77.3. The molecule has 0 unspecified atom stereocenters. The van der Waals surface area contributed by atoms with Crippen molar-refractivity contribution in [1.29, 1.82) is 0 Å². The van der Waals surface area contributed by atoms with Crippen molar-refractivity contribution in [3.8, 4) is 0 Å². The lowest BCUT2D eigenvalue weighted by atomic mass is 11.6. The Labute approximate surface area is 66.9 Å². The van der Waals surface area contributed by atoms with Gasteiger partial charge in [0.05, 0.1) is 0 Å². The van der Waals surface area contributed by atoms with Gasteiger partial charge in [0, 0.05) is 23.2 Å². The predicted molar refractivity (Wildman–Crippen MR) is 37.8 cm³/mol. The van der Waals surface area contributed by atoms with E-state index in [4.69, 9.17) is 19.8 Å². The van der Waals surface area contributed by atoms with Gasteiger partial charge in [0.2, 0.25) is 0 Å². The number of rotatable bonds is 0. The van der Waals surface area contributed by atoms with Crippen LogP contribution >= 0.6 is 23.2 Å². The van der Waals surface area contributed by atoms with Gasteiger partial charge in [0.15, 0.2) is 0 Å². The lowest BCUT2D eigenvalue weighted by molar-refractivity contribution is 0.219. The molecule has 0 spiro atoms. The van der Waals surface area contributed by atoms with Crippen LogP contribution in [0.1, 0.15) is 0 Å². The van der Waals surface area contributed by atoms with E-state index in [0.717, 1.165) is 0 Å². The average Bonchev–Trinajstić information content (AvgIpc) is 1.25. The highest BCUT2D eigenvalue weighted by atomic mass is 35.5. The van der Waals surface area contributed by atoms with Crippen molar-refractivity contribution in [3.63, 3.8) is 0 Å². The van der Waals surface area contributed by atoms with Gasteiger partial charge in [-0.3, -0.25) is 0 Å². The predicted octanol–water partition coefficient (Wildman–Crippen LogP) is 2.13. The third-order valence-corrected chi connectivity index (χ3v) is 0. The van der Waals surface area contributed by atoms with E-state index >= 15 is 0 Å². The molecule has 64 valence electrons. The zero-order valence-electron chi connectivity index (χ0n) is 4.88. The van der Waals surface area contributed by atoms with E-state index in [-0.39, 0.29) is 12.3 Å². The molecule has 0 saturated carbocycles. The van der Waals surface area contributed by atoms with Gasteiger partial charge in [0.1, 0.15) is 0 Å². The molecule has 0 atom stereocenters. The molecular weight excluding hydrogens is 187 g/mol. The summed E-state index contributed by atoms with van der Waals surface area (Å²) in [7, 11) is 0. The van der Waals surface area contributed by atoms with E-state index in [2.05, 4.69) is 23.2 Å². The van der Waals surface area contributed by atoms with E-state index in [1.54, 1.807) is 0 Å². The number of halogens is 2. The highest BCUT2D eigenvalue weighted by molar-refractivity contribution is 6.60. The van der Waals surface area contributed by atoms with Gasteiger partial charge >= 0.3 is 10.9 Å². The molecule has 0 aromatic rings. The summed E-state index contributed by atoms with van der Waals surface area (Å²) >= 11 is 8.38. The van der Waals surface area contributed by atoms with Crippen LogP contribution in [0.4, 0.5) is 9.59 Å². The molecule has 8 N–H and O–H groups in total. The van der Waals surface area contributed by atoms with Crippen LogP contribution in [-0.4, -0.2) is 21.1 Å². The van der Waals surface area contributed by atoms with Crippen LogP contribution in [0.15, 0.2) is 0 Å². The van der Waals surface area contributed by atoms with E-state index < -0.39 is 10.9 Å². The van der Waals surface area contributed by atoms with Crippen molar-refractivity contribution in [3.05, 3.63) is 0 Å². The number of hydrogen-bond donors (Lipinski definition) is 4.